The molecule has 10 nitrogen and oxygen atoms in total. The topological polar surface area (TPSA) is 112 Å². The molecule has 0 spiro atoms. The summed E-state index contributed by atoms with van der Waals surface area (Å²) < 4.78 is 21.8. The van der Waals surface area contributed by atoms with Crippen LogP contribution in [0.1, 0.15) is 11.1 Å². The number of amides is 1. The van der Waals surface area contributed by atoms with Gasteiger partial charge in [0.1, 0.15) is 5.54 Å². The highest BCUT2D eigenvalue weighted by Crippen LogP contribution is 2.43. The maximum absolute atomic E-state index is 13.4. The number of carbonyl (C=O) groups excluding carboxylic acids is 2. The average Bonchev–Trinajstić information content (AvgIpc) is 3.01. The fourth-order valence-electron chi connectivity index (χ4n) is 4.19. The molecule has 2 aromatic carbocycles. The number of anilines is 1. The van der Waals surface area contributed by atoms with Crippen LogP contribution in [-0.2, 0) is 19.9 Å². The molecule has 2 heterocycles. The number of carbonyl (C=O) groups is 2. The summed E-state index contributed by atoms with van der Waals surface area (Å²) in [6.45, 7) is -0.114. The highest BCUT2D eigenvalue weighted by molar-refractivity contribution is 6.30. The van der Waals surface area contributed by atoms with E-state index in [0.717, 1.165) is 0 Å². The van der Waals surface area contributed by atoms with Crippen LogP contribution in [0.2, 0.25) is 5.02 Å². The molecule has 2 atom stereocenters. The lowest BCUT2D eigenvalue weighted by Crippen LogP contribution is -2.59. The van der Waals surface area contributed by atoms with Gasteiger partial charge in [0.05, 0.1) is 33.9 Å². The van der Waals surface area contributed by atoms with Gasteiger partial charge in [-0.3, -0.25) is 10.1 Å². The van der Waals surface area contributed by atoms with Gasteiger partial charge in [0.15, 0.2) is 0 Å². The standard InChI is InChI=1S/C25H25ClN4O6/c1-30-18-11-10-16(26)12-17(18)25(27-14-21(30)31,15-8-6-5-7-9-15)22(23(32)35-4)36-24-28-19(33-2)13-20(29-24)34-3/h5-13,22,27H,14H2,1-4H3/t22-,25+/m1/s1. The minimum atomic E-state index is -1.44. The first-order valence-corrected chi connectivity index (χ1v) is 11.3. The Morgan fingerprint density at radius 3 is 2.33 bits per heavy atom. The maximum Gasteiger partial charge on any atom is 0.349 e. The number of esters is 1. The molecule has 0 bridgehead atoms. The molecule has 36 heavy (non-hydrogen) atoms. The second-order valence-corrected chi connectivity index (χ2v) is 8.33. The third kappa shape index (κ3) is 4.52. The summed E-state index contributed by atoms with van der Waals surface area (Å²) in [5, 5.41) is 3.68. The van der Waals surface area contributed by atoms with Gasteiger partial charge in [-0.1, -0.05) is 41.9 Å². The average molecular weight is 513 g/mol. The molecule has 3 aromatic rings. The quantitative estimate of drug-likeness (QED) is 0.477. The van der Waals surface area contributed by atoms with Gasteiger partial charge in [-0.25, -0.2) is 4.79 Å². The zero-order valence-electron chi connectivity index (χ0n) is 20.1. The van der Waals surface area contributed by atoms with Crippen LogP contribution in [0.5, 0.6) is 17.8 Å². The van der Waals surface area contributed by atoms with Gasteiger partial charge in [-0.05, 0) is 23.8 Å². The Bertz CT molecular complexity index is 1250. The van der Waals surface area contributed by atoms with E-state index in [4.69, 9.17) is 30.5 Å². The summed E-state index contributed by atoms with van der Waals surface area (Å²) in [5.41, 5.74) is 0.260. The molecule has 0 fully saturated rings. The van der Waals surface area contributed by atoms with E-state index in [1.54, 1.807) is 25.2 Å². The molecule has 1 aromatic heterocycles. The molecule has 11 heteroatoms. The van der Waals surface area contributed by atoms with Crippen LogP contribution in [0.4, 0.5) is 5.69 Å². The molecule has 1 aliphatic heterocycles. The van der Waals surface area contributed by atoms with Crippen molar-refractivity contribution in [1.29, 1.82) is 0 Å². The van der Waals surface area contributed by atoms with Crippen LogP contribution in [0.15, 0.2) is 54.6 Å². The number of nitrogens with one attached hydrogen (secondary N) is 1. The molecule has 0 unspecified atom stereocenters. The third-order valence-electron chi connectivity index (χ3n) is 5.98. The first-order chi connectivity index (χ1) is 17.3. The number of fused-ring (bicyclic) bond motifs is 1. The fraction of sp³-hybridized carbons (Fsp3) is 0.280. The van der Waals surface area contributed by atoms with Gasteiger partial charge in [-0.2, -0.15) is 9.97 Å². The minimum absolute atomic E-state index is 0.114. The van der Waals surface area contributed by atoms with E-state index in [-0.39, 0.29) is 30.2 Å². The van der Waals surface area contributed by atoms with E-state index in [2.05, 4.69) is 15.3 Å². The van der Waals surface area contributed by atoms with Crippen molar-refractivity contribution in [1.82, 2.24) is 15.3 Å². The van der Waals surface area contributed by atoms with Crippen molar-refractivity contribution >= 4 is 29.2 Å². The predicted octanol–water partition coefficient (Wildman–Crippen LogP) is 2.58. The van der Waals surface area contributed by atoms with E-state index >= 15 is 0 Å². The minimum Gasteiger partial charge on any atom is -0.481 e. The number of nitrogens with zero attached hydrogens (tertiary/aromatic N) is 3. The van der Waals surface area contributed by atoms with Gasteiger partial charge in [0.25, 0.3) is 0 Å². The molecule has 1 aliphatic rings. The SMILES string of the molecule is COC(=O)[C@@H](Oc1nc(OC)cc(OC)n1)[C@@]1(c2ccccc2)NCC(=O)N(C)c2ccc(Cl)cc21. The predicted molar refractivity (Wildman–Crippen MR) is 132 cm³/mol. The Balaban J connectivity index is 2.01. The number of halogens is 1. The normalized spacial score (nSPS) is 18.0. The molecular weight excluding hydrogens is 488 g/mol. The zero-order valence-corrected chi connectivity index (χ0v) is 20.9. The number of hydrogen-bond donors (Lipinski definition) is 1. The molecule has 0 aliphatic carbocycles. The lowest BCUT2D eigenvalue weighted by atomic mass is 9.77. The number of methoxy groups -OCH3 is 3. The molecule has 0 saturated heterocycles. The molecule has 1 amide bonds. The summed E-state index contributed by atoms with van der Waals surface area (Å²) in [6.07, 6.45) is -1.40. The third-order valence-corrected chi connectivity index (χ3v) is 6.21. The fourth-order valence-corrected chi connectivity index (χ4v) is 4.37. The van der Waals surface area contributed by atoms with Crippen molar-refractivity contribution < 1.29 is 28.5 Å². The first-order valence-electron chi connectivity index (χ1n) is 10.9. The van der Waals surface area contributed by atoms with Crippen LogP contribution in [0.3, 0.4) is 0 Å². The van der Waals surface area contributed by atoms with Gasteiger partial charge in [-0.15, -0.1) is 0 Å². The number of aromatic nitrogens is 2. The van der Waals surface area contributed by atoms with Crippen molar-refractivity contribution in [3.8, 4) is 17.8 Å². The van der Waals surface area contributed by atoms with Gasteiger partial charge < -0.3 is 23.8 Å². The molecule has 0 radical (unpaired) electrons. The second-order valence-electron chi connectivity index (χ2n) is 7.90. The van der Waals surface area contributed by atoms with Gasteiger partial charge >= 0.3 is 12.0 Å². The number of ether oxygens (including phenoxy) is 4. The monoisotopic (exact) mass is 512 g/mol. The van der Waals surface area contributed by atoms with Crippen molar-refractivity contribution in [3.63, 3.8) is 0 Å². The van der Waals surface area contributed by atoms with E-state index in [1.165, 1.54) is 32.3 Å². The molecule has 4 rings (SSSR count). The summed E-state index contributed by atoms with van der Waals surface area (Å²) >= 11 is 6.44. The summed E-state index contributed by atoms with van der Waals surface area (Å²) in [5.74, 6) is -0.623. The van der Waals surface area contributed by atoms with Crippen LogP contribution in [0, 0.1) is 0 Å². The lowest BCUT2D eigenvalue weighted by molar-refractivity contribution is -0.153. The number of hydrogen-bond acceptors (Lipinski definition) is 9. The molecule has 188 valence electrons. The van der Waals surface area contributed by atoms with E-state index in [1.807, 2.05) is 30.3 Å². The number of benzene rings is 2. The Hall–Kier alpha value is -3.89. The Kier molecular flexibility index (Phi) is 7.27. The van der Waals surface area contributed by atoms with Crippen molar-refractivity contribution in [2.75, 3.05) is 39.8 Å². The van der Waals surface area contributed by atoms with E-state index < -0.39 is 17.6 Å². The Labute approximate surface area is 213 Å². The van der Waals surface area contributed by atoms with Crippen LogP contribution in [-0.4, -0.2) is 62.9 Å². The van der Waals surface area contributed by atoms with E-state index in [0.29, 0.717) is 21.8 Å². The van der Waals surface area contributed by atoms with Crippen LogP contribution >= 0.6 is 11.6 Å². The number of rotatable bonds is 7. The zero-order chi connectivity index (χ0) is 25.9. The molecule has 1 N–H and O–H groups in total. The van der Waals surface area contributed by atoms with Gasteiger partial charge in [0.2, 0.25) is 23.8 Å². The smallest absolute Gasteiger partial charge is 0.349 e. The summed E-state index contributed by atoms with van der Waals surface area (Å²) in [6, 6.07) is 15.5. The largest absolute Gasteiger partial charge is 0.481 e. The first kappa shape index (κ1) is 25.2. The summed E-state index contributed by atoms with van der Waals surface area (Å²) in [4.78, 5) is 36.4. The number of likely N-dealkylation sites (N-methyl/N-ethyl adjacent to an activating group) is 1. The summed E-state index contributed by atoms with van der Waals surface area (Å²) in [7, 11) is 5.77. The Morgan fingerprint density at radius 1 is 1.06 bits per heavy atom. The Morgan fingerprint density at radius 2 is 1.72 bits per heavy atom. The lowest BCUT2D eigenvalue weighted by Gasteiger charge is -2.40. The van der Waals surface area contributed by atoms with Crippen molar-refractivity contribution in [2.24, 2.45) is 0 Å². The maximum atomic E-state index is 13.4. The van der Waals surface area contributed by atoms with Crippen LogP contribution in [0.25, 0.3) is 0 Å². The highest BCUT2D eigenvalue weighted by Gasteiger charge is 2.52. The van der Waals surface area contributed by atoms with Crippen LogP contribution < -0.4 is 24.4 Å². The van der Waals surface area contributed by atoms with Crippen molar-refractivity contribution in [2.45, 2.75) is 11.6 Å². The van der Waals surface area contributed by atoms with E-state index in [9.17, 15) is 9.59 Å². The molecule has 0 saturated carbocycles. The highest BCUT2D eigenvalue weighted by atomic mass is 35.5. The molecular formula is C25H25ClN4O6. The van der Waals surface area contributed by atoms with Gasteiger partial charge in [0, 0.05) is 23.3 Å². The second kappa shape index (κ2) is 10.4. The van der Waals surface area contributed by atoms with Crippen molar-refractivity contribution in [3.05, 3.63) is 70.7 Å².